The fraction of sp³-hybridized carbons (Fsp3) is 0.778. The summed E-state index contributed by atoms with van der Waals surface area (Å²) in [5.74, 6) is 0. The quantitative estimate of drug-likeness (QED) is 0.899. The van der Waals surface area contributed by atoms with Gasteiger partial charge in [0.2, 0.25) is 0 Å². The number of carbonyl (C=O) groups excluding carboxylic acids is 1. The molecule has 24 heavy (non-hydrogen) atoms. The number of hydrogen-bond donors (Lipinski definition) is 1. The molecule has 2 amide bonds. The number of aryl methyl sites for hydroxylation is 1. The first kappa shape index (κ1) is 19.2. The molecule has 1 aromatic heterocycles. The van der Waals surface area contributed by atoms with Crippen LogP contribution in [0.5, 0.6) is 0 Å². The minimum Gasteiger partial charge on any atom is -0.376 e. The first-order valence-corrected chi connectivity index (χ1v) is 9.64. The van der Waals surface area contributed by atoms with Crippen LogP contribution in [0.4, 0.5) is 4.79 Å². The van der Waals surface area contributed by atoms with Crippen LogP contribution in [0.2, 0.25) is 0 Å². The zero-order valence-electron chi connectivity index (χ0n) is 15.8. The number of nitrogens with zero attached hydrogens (tertiary/aromatic N) is 2. The van der Waals surface area contributed by atoms with Crippen molar-refractivity contribution >= 4 is 17.4 Å². The molecule has 0 bridgehead atoms. The predicted octanol–water partition coefficient (Wildman–Crippen LogP) is 3.78. The Morgan fingerprint density at radius 2 is 2.12 bits per heavy atom. The van der Waals surface area contributed by atoms with Crippen molar-refractivity contribution in [3.63, 3.8) is 0 Å². The maximum absolute atomic E-state index is 12.3. The van der Waals surface area contributed by atoms with E-state index in [0.717, 1.165) is 30.8 Å². The number of thiazole rings is 1. The zero-order valence-corrected chi connectivity index (χ0v) is 16.6. The summed E-state index contributed by atoms with van der Waals surface area (Å²) in [4.78, 5) is 18.6. The summed E-state index contributed by atoms with van der Waals surface area (Å²) in [5, 5.41) is 2.98. The normalized spacial score (nSPS) is 20.9. The van der Waals surface area contributed by atoms with E-state index in [9.17, 15) is 4.79 Å². The molecule has 136 valence electrons. The van der Waals surface area contributed by atoms with E-state index in [1.807, 2.05) is 6.92 Å². The lowest BCUT2D eigenvalue weighted by Gasteiger charge is -2.27. The first-order valence-electron chi connectivity index (χ1n) is 8.82. The Balaban J connectivity index is 2.19. The molecule has 0 spiro atoms. The van der Waals surface area contributed by atoms with Crippen molar-refractivity contribution in [2.45, 2.75) is 79.5 Å². The number of urea groups is 1. The van der Waals surface area contributed by atoms with Crippen LogP contribution >= 0.6 is 11.3 Å². The van der Waals surface area contributed by atoms with Gasteiger partial charge in [-0.3, -0.25) is 0 Å². The molecule has 6 heteroatoms. The van der Waals surface area contributed by atoms with E-state index in [1.54, 1.807) is 11.3 Å². The summed E-state index contributed by atoms with van der Waals surface area (Å²) in [6.45, 7) is 14.1. The van der Waals surface area contributed by atoms with Crippen LogP contribution in [0, 0.1) is 19.3 Å². The monoisotopic (exact) mass is 353 g/mol. The molecule has 1 aliphatic heterocycles. The number of rotatable bonds is 3. The van der Waals surface area contributed by atoms with Gasteiger partial charge in [-0.15, -0.1) is 11.3 Å². The van der Waals surface area contributed by atoms with Gasteiger partial charge in [-0.05, 0) is 45.4 Å². The molecule has 0 aromatic carbocycles. The minimum absolute atomic E-state index is 0.0123. The van der Waals surface area contributed by atoms with Crippen LogP contribution in [0.3, 0.4) is 0 Å². The number of aromatic nitrogens is 1. The Morgan fingerprint density at radius 1 is 1.42 bits per heavy atom. The van der Waals surface area contributed by atoms with Gasteiger partial charge < -0.3 is 14.6 Å². The van der Waals surface area contributed by atoms with Crippen molar-refractivity contribution < 1.29 is 9.53 Å². The molecule has 1 aromatic rings. The molecule has 1 saturated heterocycles. The average molecular weight is 354 g/mol. The largest absolute Gasteiger partial charge is 0.376 e. The maximum Gasteiger partial charge on any atom is 0.343 e. The van der Waals surface area contributed by atoms with Gasteiger partial charge >= 0.3 is 6.03 Å². The lowest BCUT2D eigenvalue weighted by molar-refractivity contribution is 0.00525. The van der Waals surface area contributed by atoms with Gasteiger partial charge in [0.25, 0.3) is 0 Å². The Bertz CT molecular complexity index is 634. The van der Waals surface area contributed by atoms with E-state index in [0.29, 0.717) is 0 Å². The first-order chi connectivity index (χ1) is 11.2. The summed E-state index contributed by atoms with van der Waals surface area (Å²) in [7, 11) is 0. The van der Waals surface area contributed by atoms with Gasteiger partial charge in [-0.2, -0.15) is 4.99 Å². The molecular weight excluding hydrogens is 322 g/mol. The van der Waals surface area contributed by atoms with Crippen molar-refractivity contribution in [1.82, 2.24) is 9.88 Å². The summed E-state index contributed by atoms with van der Waals surface area (Å²) in [6, 6.07) is -0.206. The highest BCUT2D eigenvalue weighted by molar-refractivity contribution is 7.09. The highest BCUT2D eigenvalue weighted by Gasteiger charge is 2.22. The molecule has 0 aliphatic carbocycles. The number of amides is 2. The van der Waals surface area contributed by atoms with E-state index in [1.165, 1.54) is 17.0 Å². The molecule has 0 saturated carbocycles. The average Bonchev–Trinajstić information content (AvgIpc) is 2.75. The standard InChI is InChI=1S/C18H31N3O2S/c1-12-13(2)24-17(20-16(22)19-14(3)18(4,5)6)21(12)11-15-9-7-8-10-23-15/h14-15H,7-11H2,1-6H3,(H,19,22)/t14-,15?/m0/s1. The van der Waals surface area contributed by atoms with Gasteiger partial charge in [0.05, 0.1) is 12.6 Å². The number of nitrogens with one attached hydrogen (secondary N) is 1. The molecule has 2 heterocycles. The second-order valence-electron chi connectivity index (χ2n) is 7.77. The highest BCUT2D eigenvalue weighted by Crippen LogP contribution is 2.19. The van der Waals surface area contributed by atoms with E-state index >= 15 is 0 Å². The second-order valence-corrected chi connectivity index (χ2v) is 8.96. The Kier molecular flexibility index (Phi) is 6.26. The molecule has 1 aliphatic rings. The fourth-order valence-electron chi connectivity index (χ4n) is 2.57. The Labute approximate surface area is 149 Å². The minimum atomic E-state index is -0.267. The van der Waals surface area contributed by atoms with Gasteiger partial charge in [-0.25, -0.2) is 4.79 Å². The topological polar surface area (TPSA) is 55.6 Å². The second kappa shape index (κ2) is 7.83. The van der Waals surface area contributed by atoms with E-state index in [-0.39, 0.29) is 23.6 Å². The molecule has 1 fully saturated rings. The zero-order chi connectivity index (χ0) is 17.9. The molecule has 2 atom stereocenters. The van der Waals surface area contributed by atoms with Crippen molar-refractivity contribution in [2.75, 3.05) is 6.61 Å². The number of ether oxygens (including phenoxy) is 1. The highest BCUT2D eigenvalue weighted by atomic mass is 32.1. The van der Waals surface area contributed by atoms with Gasteiger partial charge in [-0.1, -0.05) is 20.8 Å². The lowest BCUT2D eigenvalue weighted by Crippen LogP contribution is -2.41. The van der Waals surface area contributed by atoms with Crippen LogP contribution < -0.4 is 10.1 Å². The van der Waals surface area contributed by atoms with E-state index in [4.69, 9.17) is 4.74 Å². The van der Waals surface area contributed by atoms with Crippen LogP contribution in [-0.2, 0) is 11.3 Å². The third kappa shape index (κ3) is 4.93. The SMILES string of the molecule is Cc1sc(=NC(=O)N[C@@H](C)C(C)(C)C)n(CC2CCCCO2)c1C. The number of carbonyl (C=O) groups is 1. The van der Waals surface area contributed by atoms with Crippen LogP contribution in [-0.4, -0.2) is 29.4 Å². The summed E-state index contributed by atoms with van der Waals surface area (Å²) in [6.07, 6.45) is 3.66. The van der Waals surface area contributed by atoms with Gasteiger partial charge in [0, 0.05) is 23.2 Å². The van der Waals surface area contributed by atoms with E-state index < -0.39 is 0 Å². The van der Waals surface area contributed by atoms with E-state index in [2.05, 4.69) is 49.5 Å². The van der Waals surface area contributed by atoms with Crippen molar-refractivity contribution in [3.8, 4) is 0 Å². The van der Waals surface area contributed by atoms with Crippen LogP contribution in [0.15, 0.2) is 4.99 Å². The third-order valence-corrected chi connectivity index (χ3v) is 5.98. The van der Waals surface area contributed by atoms with Crippen molar-refractivity contribution in [2.24, 2.45) is 10.4 Å². The summed E-state index contributed by atoms with van der Waals surface area (Å²) in [5.41, 5.74) is 1.18. The molecule has 5 nitrogen and oxygen atoms in total. The smallest absolute Gasteiger partial charge is 0.343 e. The summed E-state index contributed by atoms with van der Waals surface area (Å²) < 4.78 is 7.99. The molecule has 1 unspecified atom stereocenters. The molecular formula is C18H31N3O2S. The molecule has 0 radical (unpaired) electrons. The number of hydrogen-bond acceptors (Lipinski definition) is 3. The van der Waals surface area contributed by atoms with Gasteiger partial charge in [0.1, 0.15) is 0 Å². The van der Waals surface area contributed by atoms with Crippen molar-refractivity contribution in [1.29, 1.82) is 0 Å². The fourth-order valence-corrected chi connectivity index (χ4v) is 3.56. The van der Waals surface area contributed by atoms with Crippen molar-refractivity contribution in [3.05, 3.63) is 15.4 Å². The molecule has 2 rings (SSSR count). The Morgan fingerprint density at radius 3 is 2.71 bits per heavy atom. The summed E-state index contributed by atoms with van der Waals surface area (Å²) >= 11 is 1.57. The lowest BCUT2D eigenvalue weighted by atomic mass is 9.88. The van der Waals surface area contributed by atoms with Gasteiger partial charge in [0.15, 0.2) is 4.80 Å². The third-order valence-electron chi connectivity index (χ3n) is 4.89. The maximum atomic E-state index is 12.3. The Hall–Kier alpha value is -1.14. The van der Waals surface area contributed by atoms with Crippen LogP contribution in [0.25, 0.3) is 0 Å². The van der Waals surface area contributed by atoms with Crippen LogP contribution in [0.1, 0.15) is 57.5 Å². The predicted molar refractivity (Wildman–Crippen MR) is 98.4 cm³/mol. The molecule has 1 N–H and O–H groups in total.